The number of anilines is 2. The first-order valence-electron chi connectivity index (χ1n) is 9.52. The summed E-state index contributed by atoms with van der Waals surface area (Å²) >= 11 is 0. The maximum absolute atomic E-state index is 12.2. The summed E-state index contributed by atoms with van der Waals surface area (Å²) < 4.78 is 5.48. The molecule has 27 heavy (non-hydrogen) atoms. The fourth-order valence-corrected chi connectivity index (χ4v) is 3.20. The Morgan fingerprint density at radius 2 is 1.85 bits per heavy atom. The number of hydrogen-bond acceptors (Lipinski definition) is 5. The van der Waals surface area contributed by atoms with E-state index in [1.165, 1.54) is 0 Å². The van der Waals surface area contributed by atoms with Crippen molar-refractivity contribution >= 4 is 17.3 Å². The summed E-state index contributed by atoms with van der Waals surface area (Å²) in [5.41, 5.74) is 2.65. The zero-order valence-corrected chi connectivity index (χ0v) is 16.3. The first kappa shape index (κ1) is 19.0. The lowest BCUT2D eigenvalue weighted by molar-refractivity contribution is 0.0934. The lowest BCUT2D eigenvalue weighted by Crippen LogP contribution is -2.46. The van der Waals surface area contributed by atoms with Crippen LogP contribution in [0.4, 0.5) is 11.4 Å². The maximum atomic E-state index is 12.2. The highest BCUT2D eigenvalue weighted by Crippen LogP contribution is 2.29. The maximum Gasteiger partial charge on any atom is 0.270 e. The number of amides is 1. The molecule has 1 aromatic carbocycles. The Bertz CT molecular complexity index is 755. The molecule has 0 bridgehead atoms. The lowest BCUT2D eigenvalue weighted by Gasteiger charge is -2.37. The summed E-state index contributed by atoms with van der Waals surface area (Å²) in [5, 5.41) is 2.95. The summed E-state index contributed by atoms with van der Waals surface area (Å²) in [6, 6.07) is 12.1. The van der Waals surface area contributed by atoms with Crippen molar-refractivity contribution in [2.45, 2.75) is 26.3 Å². The molecule has 1 amide bonds. The normalized spacial score (nSPS) is 15.4. The summed E-state index contributed by atoms with van der Waals surface area (Å²) in [4.78, 5) is 21.2. The third-order valence-corrected chi connectivity index (χ3v) is 5.04. The Hall–Kier alpha value is -2.76. The summed E-state index contributed by atoms with van der Waals surface area (Å²) in [7, 11) is 1.71. The minimum absolute atomic E-state index is 0.114. The molecule has 6 heteroatoms. The number of carbonyl (C=O) groups excluding carboxylic acids is 1. The van der Waals surface area contributed by atoms with Crippen LogP contribution in [-0.4, -0.2) is 50.2 Å². The van der Waals surface area contributed by atoms with Crippen molar-refractivity contribution in [2.75, 3.05) is 43.1 Å². The van der Waals surface area contributed by atoms with Gasteiger partial charge in [0.15, 0.2) is 0 Å². The Morgan fingerprint density at radius 3 is 2.48 bits per heavy atom. The van der Waals surface area contributed by atoms with Crippen LogP contribution in [0.1, 0.15) is 30.8 Å². The number of nitrogens with one attached hydrogen (secondary N) is 1. The minimum Gasteiger partial charge on any atom is -0.495 e. The average molecular weight is 368 g/mol. The largest absolute Gasteiger partial charge is 0.495 e. The van der Waals surface area contributed by atoms with Crippen LogP contribution >= 0.6 is 0 Å². The number of benzene rings is 1. The molecule has 1 aliphatic rings. The van der Waals surface area contributed by atoms with Crippen LogP contribution in [0.5, 0.6) is 5.75 Å². The van der Waals surface area contributed by atoms with Gasteiger partial charge in [0.2, 0.25) is 0 Å². The number of piperazine rings is 1. The molecule has 0 radical (unpaired) electrons. The van der Waals surface area contributed by atoms with Gasteiger partial charge in [-0.1, -0.05) is 19.1 Å². The summed E-state index contributed by atoms with van der Waals surface area (Å²) in [6.45, 7) is 7.67. The molecule has 144 valence electrons. The molecule has 1 N–H and O–H groups in total. The van der Waals surface area contributed by atoms with Gasteiger partial charge < -0.3 is 19.9 Å². The van der Waals surface area contributed by atoms with Gasteiger partial charge in [-0.25, -0.2) is 4.98 Å². The van der Waals surface area contributed by atoms with Crippen LogP contribution in [0.3, 0.4) is 0 Å². The SMILES string of the molecule is CCC(C)NC(=O)c1ccc(N2CCN(c3ccccc3OC)CC2)cn1. The second-order valence-electron chi connectivity index (χ2n) is 6.83. The van der Waals surface area contributed by atoms with Gasteiger partial charge in [-0.15, -0.1) is 0 Å². The standard InChI is InChI=1S/C21H28N4O2/c1-4-16(2)23-21(26)18-10-9-17(15-22-18)24-11-13-25(14-12-24)19-7-5-6-8-20(19)27-3/h5-10,15-16H,4,11-14H2,1-3H3,(H,23,26). The molecule has 0 spiro atoms. The van der Waals surface area contributed by atoms with Crippen molar-refractivity contribution < 1.29 is 9.53 Å². The van der Waals surface area contributed by atoms with E-state index in [2.05, 4.69) is 26.2 Å². The first-order chi connectivity index (χ1) is 13.1. The molecule has 1 atom stereocenters. The van der Waals surface area contributed by atoms with Gasteiger partial charge in [0, 0.05) is 32.2 Å². The van der Waals surface area contributed by atoms with Gasteiger partial charge in [0.1, 0.15) is 11.4 Å². The molecule has 1 aliphatic heterocycles. The second kappa shape index (κ2) is 8.75. The molecule has 0 aliphatic carbocycles. The van der Waals surface area contributed by atoms with Crippen molar-refractivity contribution in [2.24, 2.45) is 0 Å². The average Bonchev–Trinajstić information content (AvgIpc) is 2.73. The number of para-hydroxylation sites is 2. The van der Waals surface area contributed by atoms with Crippen molar-refractivity contribution in [3.8, 4) is 5.75 Å². The molecular formula is C21H28N4O2. The van der Waals surface area contributed by atoms with E-state index in [0.29, 0.717) is 5.69 Å². The molecule has 1 aromatic heterocycles. The van der Waals surface area contributed by atoms with Crippen LogP contribution in [0.2, 0.25) is 0 Å². The number of pyridine rings is 1. The fraction of sp³-hybridized carbons (Fsp3) is 0.429. The molecule has 1 unspecified atom stereocenters. The highest BCUT2D eigenvalue weighted by atomic mass is 16.5. The Balaban J connectivity index is 1.60. The van der Waals surface area contributed by atoms with Crippen LogP contribution in [0.25, 0.3) is 0 Å². The van der Waals surface area contributed by atoms with Gasteiger partial charge in [-0.05, 0) is 37.6 Å². The lowest BCUT2D eigenvalue weighted by atomic mass is 10.2. The molecule has 1 fully saturated rings. The van der Waals surface area contributed by atoms with E-state index in [1.54, 1.807) is 19.4 Å². The molecule has 2 heterocycles. The van der Waals surface area contributed by atoms with Crippen molar-refractivity contribution in [3.05, 3.63) is 48.3 Å². The van der Waals surface area contributed by atoms with Gasteiger partial charge in [-0.2, -0.15) is 0 Å². The molecule has 2 aromatic rings. The molecule has 0 saturated carbocycles. The summed E-state index contributed by atoms with van der Waals surface area (Å²) in [5.74, 6) is 0.793. The Morgan fingerprint density at radius 1 is 1.15 bits per heavy atom. The number of carbonyl (C=O) groups is 1. The second-order valence-corrected chi connectivity index (χ2v) is 6.83. The predicted molar refractivity (Wildman–Crippen MR) is 109 cm³/mol. The van der Waals surface area contributed by atoms with Crippen LogP contribution in [0.15, 0.2) is 42.6 Å². The number of rotatable bonds is 6. The van der Waals surface area contributed by atoms with Gasteiger partial charge in [0.05, 0.1) is 24.7 Å². The predicted octanol–water partition coefficient (Wildman–Crippen LogP) is 2.95. The molecule has 3 rings (SSSR count). The third kappa shape index (κ3) is 4.51. The van der Waals surface area contributed by atoms with E-state index in [-0.39, 0.29) is 11.9 Å². The van der Waals surface area contributed by atoms with E-state index in [0.717, 1.165) is 49.7 Å². The van der Waals surface area contributed by atoms with Crippen molar-refractivity contribution in [1.82, 2.24) is 10.3 Å². The van der Waals surface area contributed by atoms with Crippen LogP contribution in [0, 0.1) is 0 Å². The zero-order valence-electron chi connectivity index (χ0n) is 16.3. The third-order valence-electron chi connectivity index (χ3n) is 5.04. The van der Waals surface area contributed by atoms with E-state index in [4.69, 9.17) is 4.74 Å². The minimum atomic E-state index is -0.114. The van der Waals surface area contributed by atoms with Crippen LogP contribution in [-0.2, 0) is 0 Å². The quantitative estimate of drug-likeness (QED) is 0.850. The number of methoxy groups -OCH3 is 1. The number of ether oxygens (including phenoxy) is 1. The van der Waals surface area contributed by atoms with Gasteiger partial charge in [-0.3, -0.25) is 4.79 Å². The Labute approximate surface area is 161 Å². The van der Waals surface area contributed by atoms with Gasteiger partial charge >= 0.3 is 0 Å². The van der Waals surface area contributed by atoms with Crippen molar-refractivity contribution in [1.29, 1.82) is 0 Å². The smallest absolute Gasteiger partial charge is 0.270 e. The highest BCUT2D eigenvalue weighted by Gasteiger charge is 2.20. The topological polar surface area (TPSA) is 57.7 Å². The number of aromatic nitrogens is 1. The zero-order chi connectivity index (χ0) is 19.2. The van der Waals surface area contributed by atoms with E-state index in [1.807, 2.05) is 38.1 Å². The van der Waals surface area contributed by atoms with E-state index >= 15 is 0 Å². The molecular weight excluding hydrogens is 340 g/mol. The molecule has 1 saturated heterocycles. The number of nitrogens with zero attached hydrogens (tertiary/aromatic N) is 3. The number of hydrogen-bond donors (Lipinski definition) is 1. The van der Waals surface area contributed by atoms with E-state index < -0.39 is 0 Å². The van der Waals surface area contributed by atoms with Gasteiger partial charge in [0.25, 0.3) is 5.91 Å². The molecule has 6 nitrogen and oxygen atoms in total. The first-order valence-corrected chi connectivity index (χ1v) is 9.52. The van der Waals surface area contributed by atoms with E-state index in [9.17, 15) is 4.79 Å². The van der Waals surface area contributed by atoms with Crippen molar-refractivity contribution in [3.63, 3.8) is 0 Å². The van der Waals surface area contributed by atoms with Crippen LogP contribution < -0.4 is 19.9 Å². The fourth-order valence-electron chi connectivity index (χ4n) is 3.20. The summed E-state index contributed by atoms with van der Waals surface area (Å²) in [6.07, 6.45) is 2.70. The highest BCUT2D eigenvalue weighted by molar-refractivity contribution is 5.92. The Kier molecular flexibility index (Phi) is 6.16. The monoisotopic (exact) mass is 368 g/mol.